The summed E-state index contributed by atoms with van der Waals surface area (Å²) in [5.74, 6) is 1.37. The Labute approximate surface area is 187 Å². The summed E-state index contributed by atoms with van der Waals surface area (Å²) < 4.78 is 0. The Balaban J connectivity index is 1.37. The zero-order valence-electron chi connectivity index (χ0n) is 18.2. The number of nitrogens with zero attached hydrogens (tertiary/aromatic N) is 4. The van der Waals surface area contributed by atoms with Crippen LogP contribution in [0.5, 0.6) is 0 Å². The maximum absolute atomic E-state index is 12.8. The van der Waals surface area contributed by atoms with Crippen LogP contribution >= 0.6 is 0 Å². The number of hydrogen-bond acceptors (Lipinski definition) is 6. The molecule has 9 nitrogen and oxygen atoms in total. The predicted octanol–water partition coefficient (Wildman–Crippen LogP) is 2.57. The fraction of sp³-hybridized carbons (Fsp3) is 0.435. The molecular weight excluding hydrogens is 408 g/mol. The highest BCUT2D eigenvalue weighted by Gasteiger charge is 2.29. The lowest BCUT2D eigenvalue weighted by Gasteiger charge is -2.33. The summed E-state index contributed by atoms with van der Waals surface area (Å²) in [5, 5.41) is 5.92. The number of nitrogens with one attached hydrogen (secondary N) is 2. The molecule has 32 heavy (non-hydrogen) atoms. The van der Waals surface area contributed by atoms with Gasteiger partial charge in [0.05, 0.1) is 0 Å². The number of anilines is 2. The topological polar surface area (TPSA) is 108 Å². The number of aromatic nitrogens is 2. The number of imide groups is 1. The van der Waals surface area contributed by atoms with Gasteiger partial charge in [-0.2, -0.15) is 0 Å². The van der Waals surface area contributed by atoms with Crippen molar-refractivity contribution in [1.29, 1.82) is 0 Å². The Bertz CT molecular complexity index is 995. The van der Waals surface area contributed by atoms with Gasteiger partial charge in [-0.3, -0.25) is 14.5 Å². The van der Waals surface area contributed by atoms with Gasteiger partial charge in [0.1, 0.15) is 11.6 Å². The van der Waals surface area contributed by atoms with Gasteiger partial charge in [0.15, 0.2) is 0 Å². The van der Waals surface area contributed by atoms with E-state index in [4.69, 9.17) is 4.98 Å². The van der Waals surface area contributed by atoms with Gasteiger partial charge in [-0.05, 0) is 43.5 Å². The molecule has 4 heterocycles. The van der Waals surface area contributed by atoms with Crippen LogP contribution in [0.25, 0.3) is 0 Å². The van der Waals surface area contributed by atoms with Crippen LogP contribution in [0.2, 0.25) is 0 Å². The summed E-state index contributed by atoms with van der Waals surface area (Å²) in [6.07, 6.45) is 4.00. The highest BCUT2D eigenvalue weighted by molar-refractivity contribution is 5.97. The van der Waals surface area contributed by atoms with Crippen molar-refractivity contribution in [2.75, 3.05) is 31.5 Å². The molecule has 1 unspecified atom stereocenters. The molecule has 2 aliphatic heterocycles. The van der Waals surface area contributed by atoms with E-state index in [0.717, 1.165) is 40.6 Å². The Morgan fingerprint density at radius 1 is 1.25 bits per heavy atom. The largest absolute Gasteiger partial charge is 0.342 e. The third kappa shape index (κ3) is 5.04. The minimum atomic E-state index is -0.415. The Morgan fingerprint density at radius 3 is 2.94 bits per heavy atom. The van der Waals surface area contributed by atoms with Crippen molar-refractivity contribution in [3.63, 3.8) is 0 Å². The SMILES string of the molecule is Cc1cccnc1Nc1cccc(C2CCCN(C(=O)CCN3C(=O)CCNC3=O)C2)n1. The second kappa shape index (κ2) is 9.76. The van der Waals surface area contributed by atoms with Crippen LogP contribution in [0.1, 0.15) is 42.9 Å². The normalized spacial score (nSPS) is 19.0. The van der Waals surface area contributed by atoms with Crippen molar-refractivity contribution in [3.05, 3.63) is 47.8 Å². The van der Waals surface area contributed by atoms with E-state index >= 15 is 0 Å². The van der Waals surface area contributed by atoms with Gasteiger partial charge in [0.2, 0.25) is 11.8 Å². The second-order valence-electron chi connectivity index (χ2n) is 8.20. The van der Waals surface area contributed by atoms with Crippen LogP contribution in [0, 0.1) is 6.92 Å². The number of likely N-dealkylation sites (tertiary alicyclic amines) is 1. The first-order valence-electron chi connectivity index (χ1n) is 11.0. The average molecular weight is 437 g/mol. The molecule has 2 aliphatic rings. The lowest BCUT2D eigenvalue weighted by Crippen LogP contribution is -2.51. The van der Waals surface area contributed by atoms with Gasteiger partial charge in [-0.15, -0.1) is 0 Å². The van der Waals surface area contributed by atoms with E-state index in [-0.39, 0.29) is 37.1 Å². The van der Waals surface area contributed by atoms with Crippen molar-refractivity contribution in [2.24, 2.45) is 0 Å². The molecule has 2 aromatic rings. The first-order chi connectivity index (χ1) is 15.5. The summed E-state index contributed by atoms with van der Waals surface area (Å²) in [5.41, 5.74) is 1.97. The molecule has 0 radical (unpaired) electrons. The average Bonchev–Trinajstić information content (AvgIpc) is 2.80. The molecule has 2 aromatic heterocycles. The molecule has 0 spiro atoms. The van der Waals surface area contributed by atoms with E-state index in [0.29, 0.717) is 19.6 Å². The zero-order chi connectivity index (χ0) is 22.5. The van der Waals surface area contributed by atoms with Gasteiger partial charge in [0, 0.05) is 56.8 Å². The summed E-state index contributed by atoms with van der Waals surface area (Å²) in [4.78, 5) is 48.7. The quantitative estimate of drug-likeness (QED) is 0.721. The molecule has 0 saturated carbocycles. The molecule has 1 atom stereocenters. The molecule has 4 amide bonds. The number of urea groups is 1. The zero-order valence-corrected chi connectivity index (χ0v) is 18.2. The van der Waals surface area contributed by atoms with Crippen molar-refractivity contribution in [2.45, 2.75) is 38.5 Å². The molecule has 0 aromatic carbocycles. The lowest BCUT2D eigenvalue weighted by atomic mass is 9.94. The van der Waals surface area contributed by atoms with E-state index in [2.05, 4.69) is 15.6 Å². The Morgan fingerprint density at radius 2 is 2.12 bits per heavy atom. The highest BCUT2D eigenvalue weighted by Crippen LogP contribution is 2.27. The van der Waals surface area contributed by atoms with Gasteiger partial charge >= 0.3 is 6.03 Å². The monoisotopic (exact) mass is 436 g/mol. The Hall–Kier alpha value is -3.49. The second-order valence-corrected chi connectivity index (χ2v) is 8.20. The summed E-state index contributed by atoms with van der Waals surface area (Å²) >= 11 is 0. The van der Waals surface area contributed by atoms with Crippen LogP contribution in [0.3, 0.4) is 0 Å². The van der Waals surface area contributed by atoms with Crippen LogP contribution in [0.15, 0.2) is 36.5 Å². The van der Waals surface area contributed by atoms with Gasteiger partial charge < -0.3 is 15.5 Å². The first-order valence-corrected chi connectivity index (χ1v) is 11.0. The van der Waals surface area contributed by atoms with Crippen molar-refractivity contribution in [1.82, 2.24) is 25.1 Å². The number of carbonyl (C=O) groups excluding carboxylic acids is 3. The maximum Gasteiger partial charge on any atom is 0.324 e. The summed E-state index contributed by atoms with van der Waals surface area (Å²) in [6.45, 7) is 3.73. The minimum absolute atomic E-state index is 0.0423. The van der Waals surface area contributed by atoms with E-state index in [9.17, 15) is 14.4 Å². The smallest absolute Gasteiger partial charge is 0.324 e. The fourth-order valence-corrected chi connectivity index (χ4v) is 4.14. The number of piperidine rings is 1. The molecule has 9 heteroatoms. The van der Waals surface area contributed by atoms with Gasteiger partial charge in [-0.25, -0.2) is 14.8 Å². The van der Waals surface area contributed by atoms with E-state index in [1.165, 1.54) is 0 Å². The molecular formula is C23H28N6O3. The minimum Gasteiger partial charge on any atom is -0.342 e. The fourth-order valence-electron chi connectivity index (χ4n) is 4.14. The first kappa shape index (κ1) is 21.7. The number of aryl methyl sites for hydroxylation is 1. The van der Waals surface area contributed by atoms with E-state index in [1.54, 1.807) is 6.20 Å². The molecule has 2 saturated heterocycles. The van der Waals surface area contributed by atoms with Crippen molar-refractivity contribution < 1.29 is 14.4 Å². The molecule has 0 aliphatic carbocycles. The summed E-state index contributed by atoms with van der Waals surface area (Å²) in [6, 6.07) is 9.33. The lowest BCUT2D eigenvalue weighted by molar-refractivity contribution is -0.134. The number of hydrogen-bond donors (Lipinski definition) is 2. The van der Waals surface area contributed by atoms with E-state index in [1.807, 2.05) is 42.2 Å². The third-order valence-corrected chi connectivity index (χ3v) is 5.93. The van der Waals surface area contributed by atoms with Crippen LogP contribution < -0.4 is 10.6 Å². The van der Waals surface area contributed by atoms with E-state index < -0.39 is 6.03 Å². The predicted molar refractivity (Wildman–Crippen MR) is 119 cm³/mol. The van der Waals surface area contributed by atoms with Crippen LogP contribution in [-0.4, -0.2) is 63.8 Å². The number of rotatable bonds is 6. The molecule has 2 fully saturated rings. The van der Waals surface area contributed by atoms with Gasteiger partial charge in [0.25, 0.3) is 0 Å². The molecule has 0 bridgehead atoms. The third-order valence-electron chi connectivity index (χ3n) is 5.93. The number of carbonyl (C=O) groups is 3. The van der Waals surface area contributed by atoms with Gasteiger partial charge in [-0.1, -0.05) is 12.1 Å². The molecule has 4 rings (SSSR count). The molecule has 168 valence electrons. The Kier molecular flexibility index (Phi) is 6.63. The number of pyridine rings is 2. The van der Waals surface area contributed by atoms with Crippen molar-refractivity contribution >= 4 is 29.5 Å². The van der Waals surface area contributed by atoms with Crippen LogP contribution in [0.4, 0.5) is 16.4 Å². The maximum atomic E-state index is 12.8. The summed E-state index contributed by atoms with van der Waals surface area (Å²) in [7, 11) is 0. The number of amides is 4. The van der Waals surface area contributed by atoms with Crippen LogP contribution in [-0.2, 0) is 9.59 Å². The van der Waals surface area contributed by atoms with Crippen molar-refractivity contribution in [3.8, 4) is 0 Å². The standard InChI is InChI=1S/C23H28N6O3/c1-16-5-3-11-24-22(16)27-19-8-2-7-18(26-19)17-6-4-13-28(15-17)20(30)10-14-29-21(31)9-12-25-23(29)32/h2-3,5,7-8,11,17H,4,6,9-10,12-15H2,1H3,(H,25,32)(H,24,26,27). The molecule has 2 N–H and O–H groups in total. The highest BCUT2D eigenvalue weighted by atomic mass is 16.2.